The maximum Gasteiger partial charge on any atom is 0.410 e. The lowest BCUT2D eigenvalue weighted by molar-refractivity contribution is 0.0258. The first-order valence-corrected chi connectivity index (χ1v) is 9.89. The number of ether oxygens (including phenoxy) is 2. The van der Waals surface area contributed by atoms with Crippen LogP contribution in [-0.2, 0) is 17.6 Å². The summed E-state index contributed by atoms with van der Waals surface area (Å²) in [5, 5.41) is 9.40. The van der Waals surface area contributed by atoms with E-state index < -0.39 is 5.60 Å². The number of hydrogen-bond donors (Lipinski definition) is 1. The van der Waals surface area contributed by atoms with Gasteiger partial charge in [0.1, 0.15) is 18.0 Å². The Kier molecular flexibility index (Phi) is 5.84. The predicted molar refractivity (Wildman–Crippen MR) is 106 cm³/mol. The van der Waals surface area contributed by atoms with Gasteiger partial charge in [0, 0.05) is 26.2 Å². The fourth-order valence-electron chi connectivity index (χ4n) is 3.62. The molecule has 1 aromatic carbocycles. The molecule has 2 aliphatic rings. The third-order valence-corrected chi connectivity index (χ3v) is 5.04. The summed E-state index contributed by atoms with van der Waals surface area (Å²) < 4.78 is 11.4. The van der Waals surface area contributed by atoms with Crippen molar-refractivity contribution in [2.75, 3.05) is 44.3 Å². The van der Waals surface area contributed by atoms with Gasteiger partial charge in [0.25, 0.3) is 0 Å². The zero-order chi connectivity index (χ0) is 19.6. The van der Waals surface area contributed by atoms with Gasteiger partial charge in [-0.05, 0) is 62.8 Å². The lowest BCUT2D eigenvalue weighted by atomic mass is 10.00. The van der Waals surface area contributed by atoms with E-state index in [0.717, 1.165) is 37.4 Å². The molecule has 1 N–H and O–H groups in total. The van der Waals surface area contributed by atoms with Crippen LogP contribution in [0.4, 0.5) is 10.5 Å². The Bertz CT molecular complexity index is 683. The second-order valence-corrected chi connectivity index (χ2v) is 8.64. The highest BCUT2D eigenvalue weighted by molar-refractivity contribution is 5.69. The summed E-state index contributed by atoms with van der Waals surface area (Å²) in [6, 6.07) is 4.35. The van der Waals surface area contributed by atoms with Crippen LogP contribution in [0.15, 0.2) is 12.1 Å². The van der Waals surface area contributed by atoms with Gasteiger partial charge in [-0.25, -0.2) is 4.79 Å². The fraction of sp³-hybridized carbons (Fsp3) is 0.667. The average molecular weight is 376 g/mol. The van der Waals surface area contributed by atoms with Crippen molar-refractivity contribution >= 4 is 11.8 Å². The number of rotatable bonds is 3. The molecule has 0 saturated heterocycles. The van der Waals surface area contributed by atoms with Crippen LogP contribution in [0.3, 0.4) is 0 Å². The first kappa shape index (κ1) is 19.8. The van der Waals surface area contributed by atoms with Crippen molar-refractivity contribution in [3.8, 4) is 5.75 Å². The molecular weight excluding hydrogens is 344 g/mol. The first-order chi connectivity index (χ1) is 12.8. The molecule has 6 nitrogen and oxygen atoms in total. The lowest BCUT2D eigenvalue weighted by Gasteiger charge is -2.33. The van der Waals surface area contributed by atoms with E-state index in [1.165, 1.54) is 11.1 Å². The molecular formula is C21H32N2O4. The average Bonchev–Trinajstić information content (AvgIpc) is 2.81. The maximum atomic E-state index is 12.4. The number of hydrogen-bond acceptors (Lipinski definition) is 5. The topological polar surface area (TPSA) is 62.2 Å². The smallest absolute Gasteiger partial charge is 0.410 e. The third-order valence-electron chi connectivity index (χ3n) is 5.04. The predicted octanol–water partition coefficient (Wildman–Crippen LogP) is 2.85. The Morgan fingerprint density at radius 1 is 1.22 bits per heavy atom. The van der Waals surface area contributed by atoms with Crippen LogP contribution < -0.4 is 9.64 Å². The van der Waals surface area contributed by atoms with Crippen molar-refractivity contribution in [2.45, 2.75) is 46.1 Å². The molecule has 0 saturated carbocycles. The summed E-state index contributed by atoms with van der Waals surface area (Å²) in [6.45, 7) is 11.5. The van der Waals surface area contributed by atoms with Crippen LogP contribution in [0.25, 0.3) is 0 Å². The van der Waals surface area contributed by atoms with Gasteiger partial charge in [-0.15, -0.1) is 0 Å². The molecule has 2 aliphatic heterocycles. The van der Waals surface area contributed by atoms with Gasteiger partial charge in [0.2, 0.25) is 0 Å². The fourth-order valence-corrected chi connectivity index (χ4v) is 3.62. The van der Waals surface area contributed by atoms with E-state index in [-0.39, 0.29) is 18.6 Å². The molecule has 1 atom stereocenters. The minimum absolute atomic E-state index is 0.183. The highest BCUT2D eigenvalue weighted by Crippen LogP contribution is 2.36. The van der Waals surface area contributed by atoms with Crippen molar-refractivity contribution < 1.29 is 19.4 Å². The van der Waals surface area contributed by atoms with Crippen LogP contribution in [-0.4, -0.2) is 61.1 Å². The summed E-state index contributed by atoms with van der Waals surface area (Å²) >= 11 is 0. The van der Waals surface area contributed by atoms with Gasteiger partial charge in [-0.2, -0.15) is 0 Å². The molecule has 0 fully saturated rings. The summed E-state index contributed by atoms with van der Waals surface area (Å²) in [5.41, 5.74) is 3.14. The van der Waals surface area contributed by atoms with Gasteiger partial charge in [0.15, 0.2) is 0 Å². The molecule has 150 valence electrons. The van der Waals surface area contributed by atoms with E-state index in [4.69, 9.17) is 9.47 Å². The highest BCUT2D eigenvalue weighted by Gasteiger charge is 2.27. The van der Waals surface area contributed by atoms with Crippen LogP contribution >= 0.6 is 0 Å². The molecule has 3 rings (SSSR count). The molecule has 2 heterocycles. The van der Waals surface area contributed by atoms with Crippen LogP contribution in [0.1, 0.15) is 38.8 Å². The second-order valence-electron chi connectivity index (χ2n) is 8.64. The van der Waals surface area contributed by atoms with Gasteiger partial charge in [-0.1, -0.05) is 6.92 Å². The van der Waals surface area contributed by atoms with E-state index in [0.29, 0.717) is 19.7 Å². The Hall–Kier alpha value is -1.95. The van der Waals surface area contributed by atoms with E-state index in [1.54, 1.807) is 4.90 Å². The van der Waals surface area contributed by atoms with Crippen molar-refractivity contribution in [3.05, 3.63) is 23.3 Å². The molecule has 0 unspecified atom stereocenters. The van der Waals surface area contributed by atoms with Crippen molar-refractivity contribution in [1.29, 1.82) is 0 Å². The van der Waals surface area contributed by atoms with Gasteiger partial charge in [-0.3, -0.25) is 0 Å². The number of benzene rings is 1. The minimum Gasteiger partial charge on any atom is -0.490 e. The number of amides is 1. The number of nitrogens with zero attached hydrogens (tertiary/aromatic N) is 2. The first-order valence-electron chi connectivity index (χ1n) is 9.89. The molecule has 0 aromatic heterocycles. The Labute approximate surface area is 162 Å². The van der Waals surface area contributed by atoms with E-state index in [1.807, 2.05) is 20.8 Å². The summed E-state index contributed by atoms with van der Waals surface area (Å²) in [6.07, 6.45) is 1.37. The molecule has 0 bridgehead atoms. The van der Waals surface area contributed by atoms with Crippen LogP contribution in [0.2, 0.25) is 0 Å². The monoisotopic (exact) mass is 376 g/mol. The zero-order valence-corrected chi connectivity index (χ0v) is 17.0. The zero-order valence-electron chi connectivity index (χ0n) is 17.0. The minimum atomic E-state index is -0.479. The molecule has 0 aliphatic carbocycles. The summed E-state index contributed by atoms with van der Waals surface area (Å²) in [7, 11) is 0. The quantitative estimate of drug-likeness (QED) is 0.879. The number of carbonyl (C=O) groups is 1. The van der Waals surface area contributed by atoms with Crippen molar-refractivity contribution in [3.63, 3.8) is 0 Å². The van der Waals surface area contributed by atoms with Crippen LogP contribution in [0.5, 0.6) is 5.75 Å². The van der Waals surface area contributed by atoms with E-state index in [9.17, 15) is 9.90 Å². The normalized spacial score (nSPS) is 18.1. The second kappa shape index (κ2) is 7.97. The lowest BCUT2D eigenvalue weighted by Crippen LogP contribution is -2.38. The summed E-state index contributed by atoms with van der Waals surface area (Å²) in [4.78, 5) is 16.5. The maximum absolute atomic E-state index is 12.4. The number of aliphatic hydroxyl groups excluding tert-OH is 1. The highest BCUT2D eigenvalue weighted by atomic mass is 16.6. The molecule has 1 aromatic rings. The molecule has 27 heavy (non-hydrogen) atoms. The molecule has 1 amide bonds. The van der Waals surface area contributed by atoms with Crippen molar-refractivity contribution in [1.82, 2.24) is 4.90 Å². The Morgan fingerprint density at radius 2 is 1.89 bits per heavy atom. The largest absolute Gasteiger partial charge is 0.490 e. The van der Waals surface area contributed by atoms with Gasteiger partial charge in [0.05, 0.1) is 12.2 Å². The SMILES string of the molecule is C[C@@H](CO)CN1CCOc2cc3c(cc21)CCN(C(=O)OC(C)(C)C)CC3. The number of fused-ring (bicyclic) bond motifs is 2. The van der Waals surface area contributed by atoms with Gasteiger partial charge >= 0.3 is 6.09 Å². The van der Waals surface area contributed by atoms with Crippen molar-refractivity contribution in [2.24, 2.45) is 5.92 Å². The molecule has 0 radical (unpaired) electrons. The molecule has 0 spiro atoms. The number of anilines is 1. The number of aliphatic hydroxyl groups is 1. The summed E-state index contributed by atoms with van der Waals surface area (Å²) in [5.74, 6) is 1.13. The molecule has 6 heteroatoms. The van der Waals surface area contributed by atoms with E-state index in [2.05, 4.69) is 24.0 Å². The third kappa shape index (κ3) is 4.86. The van der Waals surface area contributed by atoms with Gasteiger partial charge < -0.3 is 24.4 Å². The Morgan fingerprint density at radius 3 is 2.52 bits per heavy atom. The van der Waals surface area contributed by atoms with E-state index >= 15 is 0 Å². The van der Waals surface area contributed by atoms with Crippen LogP contribution in [0, 0.1) is 5.92 Å². The standard InChI is InChI=1S/C21H32N2O4/c1-15(14-24)13-23-9-10-26-19-12-17-6-8-22(20(25)27-21(2,3)4)7-5-16(17)11-18(19)23/h11-12,15,24H,5-10,13-14H2,1-4H3/t15-/m1/s1. The Balaban J connectivity index is 1.76. The number of carbonyl (C=O) groups excluding carboxylic acids is 1.